The number of guanidine groups is 1. The van der Waals surface area contributed by atoms with E-state index < -0.39 is 0 Å². The first-order valence-corrected chi connectivity index (χ1v) is 11.7. The van der Waals surface area contributed by atoms with Crippen LogP contribution in [0.1, 0.15) is 48.1 Å². The first-order valence-electron chi connectivity index (χ1n) is 11.7. The Morgan fingerprint density at radius 1 is 1.03 bits per heavy atom. The first kappa shape index (κ1) is 25.7. The van der Waals surface area contributed by atoms with E-state index in [1.54, 1.807) is 30.3 Å². The van der Waals surface area contributed by atoms with Crippen LogP contribution in [0.2, 0.25) is 0 Å². The third-order valence-corrected chi connectivity index (χ3v) is 5.37. The Morgan fingerprint density at radius 3 is 2.34 bits per heavy atom. The van der Waals surface area contributed by atoms with Crippen LogP contribution >= 0.6 is 0 Å². The molecule has 0 aliphatic carbocycles. The molecule has 8 nitrogen and oxygen atoms in total. The van der Waals surface area contributed by atoms with Crippen molar-refractivity contribution < 1.29 is 18.7 Å². The minimum absolute atomic E-state index is 0.233. The number of rotatable bonds is 9. The van der Waals surface area contributed by atoms with Gasteiger partial charge in [-0.05, 0) is 77.1 Å². The summed E-state index contributed by atoms with van der Waals surface area (Å²) in [7, 11) is 0. The predicted molar refractivity (Wildman–Crippen MR) is 135 cm³/mol. The van der Waals surface area contributed by atoms with E-state index in [1.165, 1.54) is 12.1 Å². The van der Waals surface area contributed by atoms with Gasteiger partial charge in [-0.3, -0.25) is 14.8 Å². The Balaban J connectivity index is 1.88. The highest BCUT2D eigenvalue weighted by molar-refractivity contribution is 6.10. The van der Waals surface area contributed by atoms with Crippen LogP contribution in [0.15, 0.2) is 47.5 Å². The van der Waals surface area contributed by atoms with E-state index in [1.807, 2.05) is 39.3 Å². The number of aryl methyl sites for hydroxylation is 2. The number of benzene rings is 2. The molecule has 0 fully saturated rings. The lowest BCUT2D eigenvalue weighted by atomic mass is 10.2. The van der Waals surface area contributed by atoms with Crippen molar-refractivity contribution in [2.45, 2.75) is 47.7 Å². The molecule has 9 heteroatoms. The van der Waals surface area contributed by atoms with Gasteiger partial charge in [-0.1, -0.05) is 0 Å². The van der Waals surface area contributed by atoms with Gasteiger partial charge >= 0.3 is 0 Å². The quantitative estimate of drug-likeness (QED) is 0.337. The third kappa shape index (κ3) is 6.59. The summed E-state index contributed by atoms with van der Waals surface area (Å²) in [6, 6.07) is 10.8. The van der Waals surface area contributed by atoms with Gasteiger partial charge in [0.25, 0.3) is 5.91 Å². The molecule has 2 N–H and O–H groups in total. The van der Waals surface area contributed by atoms with E-state index in [-0.39, 0.29) is 17.7 Å². The molecule has 0 aliphatic rings. The van der Waals surface area contributed by atoms with Crippen LogP contribution < -0.4 is 20.1 Å². The van der Waals surface area contributed by atoms with Gasteiger partial charge in [-0.25, -0.2) is 9.38 Å². The van der Waals surface area contributed by atoms with Crippen LogP contribution in [0.4, 0.5) is 10.1 Å². The molecule has 3 rings (SSSR count). The van der Waals surface area contributed by atoms with Crippen LogP contribution in [0.25, 0.3) is 0 Å². The number of anilines is 1. The number of hydrogen-bond donors (Lipinski definition) is 2. The Bertz CT molecular complexity index is 1190. The summed E-state index contributed by atoms with van der Waals surface area (Å²) >= 11 is 0. The third-order valence-electron chi connectivity index (χ3n) is 5.37. The zero-order chi connectivity index (χ0) is 25.4. The molecule has 0 saturated heterocycles. The van der Waals surface area contributed by atoms with Crippen LogP contribution in [-0.4, -0.2) is 34.9 Å². The SMILES string of the molecule is CCOc1ccc(C(=O)NC(=NCc2c(C)nn(CC)c2C)Nc2ccc(F)cc2)cc1OCC. The largest absolute Gasteiger partial charge is 0.490 e. The Labute approximate surface area is 205 Å². The molecule has 0 bridgehead atoms. The summed E-state index contributed by atoms with van der Waals surface area (Å²) in [6.07, 6.45) is 0. The van der Waals surface area contributed by atoms with Gasteiger partial charge < -0.3 is 14.8 Å². The summed E-state index contributed by atoms with van der Waals surface area (Å²) in [4.78, 5) is 17.7. The van der Waals surface area contributed by atoms with E-state index in [0.717, 1.165) is 23.5 Å². The molecule has 0 saturated carbocycles. The molecule has 0 radical (unpaired) electrons. The Morgan fingerprint density at radius 2 is 1.71 bits per heavy atom. The summed E-state index contributed by atoms with van der Waals surface area (Å²) in [5.74, 6) is 0.569. The van der Waals surface area contributed by atoms with E-state index >= 15 is 0 Å². The van der Waals surface area contributed by atoms with Gasteiger partial charge in [0, 0.05) is 29.1 Å². The molecule has 3 aromatic rings. The molecule has 0 aliphatic heterocycles. The standard InChI is InChI=1S/C26H32FN5O3/c1-6-32-18(5)22(17(4)31-32)16-28-26(29-21-12-10-20(27)11-13-21)30-25(33)19-9-14-23(34-7-2)24(15-19)35-8-3/h9-15H,6-8,16H2,1-5H3,(H2,28,29,30,33). The lowest BCUT2D eigenvalue weighted by Gasteiger charge is -2.14. The van der Waals surface area contributed by atoms with Gasteiger partial charge in [0.2, 0.25) is 5.96 Å². The average molecular weight is 482 g/mol. The summed E-state index contributed by atoms with van der Waals surface area (Å²) in [5.41, 5.74) is 3.86. The second-order valence-electron chi connectivity index (χ2n) is 7.74. The Hall–Kier alpha value is -3.88. The van der Waals surface area contributed by atoms with E-state index in [9.17, 15) is 9.18 Å². The van der Waals surface area contributed by atoms with Crippen molar-refractivity contribution in [2.75, 3.05) is 18.5 Å². The maximum absolute atomic E-state index is 13.4. The topological polar surface area (TPSA) is 89.8 Å². The maximum Gasteiger partial charge on any atom is 0.258 e. The molecular weight excluding hydrogens is 449 g/mol. The summed E-state index contributed by atoms with van der Waals surface area (Å²) < 4.78 is 26.5. The summed E-state index contributed by atoms with van der Waals surface area (Å²) in [6.45, 7) is 11.7. The second-order valence-corrected chi connectivity index (χ2v) is 7.74. The van der Waals surface area contributed by atoms with Gasteiger partial charge in [-0.15, -0.1) is 0 Å². The number of nitrogens with one attached hydrogen (secondary N) is 2. The average Bonchev–Trinajstić information content (AvgIpc) is 3.12. The predicted octanol–water partition coefficient (Wildman–Crippen LogP) is 4.85. The summed E-state index contributed by atoms with van der Waals surface area (Å²) in [5, 5.41) is 10.4. The highest BCUT2D eigenvalue weighted by atomic mass is 19.1. The number of amides is 1. The molecule has 1 aromatic heterocycles. The van der Waals surface area contributed by atoms with E-state index in [0.29, 0.717) is 42.5 Å². The molecule has 0 atom stereocenters. The fraction of sp³-hybridized carbons (Fsp3) is 0.346. The monoisotopic (exact) mass is 481 g/mol. The number of aliphatic imine (C=N–C) groups is 1. The van der Waals surface area contributed by atoms with Crippen molar-refractivity contribution in [3.8, 4) is 11.5 Å². The van der Waals surface area contributed by atoms with Gasteiger partial charge in [-0.2, -0.15) is 5.10 Å². The van der Waals surface area contributed by atoms with Crippen LogP contribution in [0.3, 0.4) is 0 Å². The smallest absolute Gasteiger partial charge is 0.258 e. The molecule has 35 heavy (non-hydrogen) atoms. The van der Waals surface area contributed by atoms with Crippen LogP contribution in [0.5, 0.6) is 11.5 Å². The van der Waals surface area contributed by atoms with Crippen LogP contribution in [0, 0.1) is 19.7 Å². The van der Waals surface area contributed by atoms with E-state index in [2.05, 4.69) is 20.7 Å². The van der Waals surface area contributed by atoms with Gasteiger partial charge in [0.15, 0.2) is 11.5 Å². The lowest BCUT2D eigenvalue weighted by molar-refractivity contribution is 0.0976. The zero-order valence-corrected chi connectivity index (χ0v) is 20.8. The molecule has 186 valence electrons. The van der Waals surface area contributed by atoms with Crippen molar-refractivity contribution in [3.63, 3.8) is 0 Å². The molecule has 2 aromatic carbocycles. The minimum atomic E-state index is -0.375. The number of aromatic nitrogens is 2. The molecule has 1 amide bonds. The van der Waals surface area contributed by atoms with Crippen LogP contribution in [-0.2, 0) is 13.1 Å². The number of halogens is 1. The minimum Gasteiger partial charge on any atom is -0.490 e. The van der Waals surface area contributed by atoms with E-state index in [4.69, 9.17) is 9.47 Å². The number of carbonyl (C=O) groups excluding carboxylic acids is 1. The zero-order valence-electron chi connectivity index (χ0n) is 20.8. The second kappa shape index (κ2) is 12.0. The number of carbonyl (C=O) groups is 1. The van der Waals surface area contributed by atoms with Gasteiger partial charge in [0.05, 0.1) is 25.5 Å². The number of nitrogens with zero attached hydrogens (tertiary/aromatic N) is 3. The lowest BCUT2D eigenvalue weighted by Crippen LogP contribution is -2.36. The first-order chi connectivity index (χ1) is 16.9. The molecule has 0 spiro atoms. The number of ether oxygens (including phenoxy) is 2. The fourth-order valence-corrected chi connectivity index (χ4v) is 3.58. The Kier molecular flexibility index (Phi) is 8.83. The fourth-order valence-electron chi connectivity index (χ4n) is 3.58. The molecule has 0 unspecified atom stereocenters. The number of hydrogen-bond acceptors (Lipinski definition) is 5. The van der Waals surface area contributed by atoms with Crippen molar-refractivity contribution in [2.24, 2.45) is 4.99 Å². The van der Waals surface area contributed by atoms with Gasteiger partial charge in [0.1, 0.15) is 5.82 Å². The highest BCUT2D eigenvalue weighted by Gasteiger charge is 2.15. The van der Waals surface area contributed by atoms with Crippen molar-refractivity contribution in [3.05, 3.63) is 70.8 Å². The van der Waals surface area contributed by atoms with Crippen molar-refractivity contribution >= 4 is 17.6 Å². The molecule has 1 heterocycles. The van der Waals surface area contributed by atoms with Crippen molar-refractivity contribution in [1.82, 2.24) is 15.1 Å². The van der Waals surface area contributed by atoms with Crippen molar-refractivity contribution in [1.29, 1.82) is 0 Å². The normalized spacial score (nSPS) is 11.3. The molecular formula is C26H32FN5O3. The highest BCUT2D eigenvalue weighted by Crippen LogP contribution is 2.28. The maximum atomic E-state index is 13.4.